The number of amides is 1. The van der Waals surface area contributed by atoms with E-state index in [0.29, 0.717) is 12.5 Å². The van der Waals surface area contributed by atoms with E-state index in [1.807, 2.05) is 0 Å². The van der Waals surface area contributed by atoms with Gasteiger partial charge in [0.25, 0.3) is 0 Å². The molecule has 0 rings (SSSR count). The highest BCUT2D eigenvalue weighted by atomic mass is 28.4. The SMILES string of the molecule is CCN(OCCC[Si](OC)(OC)OC)C(=O)O. The summed E-state index contributed by atoms with van der Waals surface area (Å²) in [5.41, 5.74) is 0. The van der Waals surface area contributed by atoms with Crippen LogP contribution >= 0.6 is 0 Å². The van der Waals surface area contributed by atoms with Crippen molar-refractivity contribution in [1.82, 2.24) is 5.06 Å². The summed E-state index contributed by atoms with van der Waals surface area (Å²) in [7, 11) is 2.04. The fourth-order valence-corrected chi connectivity index (χ4v) is 2.99. The highest BCUT2D eigenvalue weighted by Crippen LogP contribution is 2.14. The van der Waals surface area contributed by atoms with E-state index in [1.54, 1.807) is 6.92 Å². The van der Waals surface area contributed by atoms with Crippen molar-refractivity contribution in [2.45, 2.75) is 19.4 Å². The number of rotatable bonds is 9. The first-order valence-corrected chi connectivity index (χ1v) is 7.27. The number of hydrogen-bond acceptors (Lipinski definition) is 5. The minimum absolute atomic E-state index is 0.283. The minimum atomic E-state index is -2.57. The highest BCUT2D eigenvalue weighted by molar-refractivity contribution is 6.60. The van der Waals surface area contributed by atoms with E-state index in [4.69, 9.17) is 23.2 Å². The predicted molar refractivity (Wildman–Crippen MR) is 62.6 cm³/mol. The molecule has 8 heteroatoms. The van der Waals surface area contributed by atoms with Gasteiger partial charge in [0.2, 0.25) is 0 Å². The third kappa shape index (κ3) is 5.46. The zero-order valence-corrected chi connectivity index (χ0v) is 11.8. The first-order chi connectivity index (χ1) is 8.05. The zero-order chi connectivity index (χ0) is 13.3. The molecule has 7 nitrogen and oxygen atoms in total. The molecular weight excluding hydrogens is 246 g/mol. The molecule has 0 fully saturated rings. The maximum absolute atomic E-state index is 10.6. The van der Waals surface area contributed by atoms with Crippen LogP contribution in [0.25, 0.3) is 0 Å². The van der Waals surface area contributed by atoms with Gasteiger partial charge in [-0.25, -0.2) is 4.79 Å². The fraction of sp³-hybridized carbons (Fsp3) is 0.889. The van der Waals surface area contributed by atoms with Gasteiger partial charge in [-0.3, -0.25) is 4.84 Å². The topological polar surface area (TPSA) is 77.5 Å². The molecule has 17 heavy (non-hydrogen) atoms. The van der Waals surface area contributed by atoms with Crippen LogP contribution in [-0.4, -0.2) is 59.5 Å². The minimum Gasteiger partial charge on any atom is -0.463 e. The predicted octanol–water partition coefficient (Wildman–Crippen LogP) is 1.19. The summed E-state index contributed by atoms with van der Waals surface area (Å²) in [4.78, 5) is 15.7. The lowest BCUT2D eigenvalue weighted by atomic mass is 10.5. The van der Waals surface area contributed by atoms with Crippen LogP contribution in [0.1, 0.15) is 13.3 Å². The van der Waals surface area contributed by atoms with Crippen molar-refractivity contribution in [1.29, 1.82) is 0 Å². The van der Waals surface area contributed by atoms with Crippen LogP contribution in [0.15, 0.2) is 0 Å². The van der Waals surface area contributed by atoms with Crippen molar-refractivity contribution < 1.29 is 28.0 Å². The lowest BCUT2D eigenvalue weighted by Gasteiger charge is -2.24. The van der Waals surface area contributed by atoms with Crippen LogP contribution in [-0.2, 0) is 18.1 Å². The average Bonchev–Trinajstić information content (AvgIpc) is 2.34. The summed E-state index contributed by atoms with van der Waals surface area (Å²) in [5.74, 6) is 0. The molecule has 0 bridgehead atoms. The standard InChI is InChI=1S/C9H21NO6Si/c1-5-10(9(11)12)16-7-6-8-17(13-2,14-3)15-4/h5-8H2,1-4H3,(H,11,12). The van der Waals surface area contributed by atoms with Gasteiger partial charge in [-0.15, -0.1) is 0 Å². The Morgan fingerprint density at radius 3 is 2.12 bits per heavy atom. The lowest BCUT2D eigenvalue weighted by Crippen LogP contribution is -2.43. The summed E-state index contributed by atoms with van der Waals surface area (Å²) >= 11 is 0. The Kier molecular flexibility index (Phi) is 8.09. The van der Waals surface area contributed by atoms with E-state index >= 15 is 0 Å². The van der Waals surface area contributed by atoms with Crippen molar-refractivity contribution >= 4 is 14.9 Å². The van der Waals surface area contributed by atoms with Crippen LogP contribution in [0.4, 0.5) is 4.79 Å². The maximum Gasteiger partial charge on any atom is 0.500 e. The van der Waals surface area contributed by atoms with E-state index in [0.717, 1.165) is 5.06 Å². The van der Waals surface area contributed by atoms with Gasteiger partial charge in [0.15, 0.2) is 0 Å². The van der Waals surface area contributed by atoms with Crippen molar-refractivity contribution in [3.05, 3.63) is 0 Å². The Labute approximate surface area is 103 Å². The summed E-state index contributed by atoms with van der Waals surface area (Å²) in [6.45, 7) is 2.27. The smallest absolute Gasteiger partial charge is 0.463 e. The fourth-order valence-electron chi connectivity index (χ4n) is 1.30. The second-order valence-electron chi connectivity index (χ2n) is 3.21. The Bertz CT molecular complexity index is 215. The molecule has 0 saturated heterocycles. The molecule has 0 aromatic heterocycles. The van der Waals surface area contributed by atoms with Crippen molar-refractivity contribution in [2.75, 3.05) is 34.5 Å². The van der Waals surface area contributed by atoms with Crippen LogP contribution in [0.5, 0.6) is 0 Å². The van der Waals surface area contributed by atoms with Gasteiger partial charge in [0.1, 0.15) is 0 Å². The van der Waals surface area contributed by atoms with Gasteiger partial charge in [-0.2, -0.15) is 5.06 Å². The molecule has 0 heterocycles. The van der Waals surface area contributed by atoms with Crippen LogP contribution in [0, 0.1) is 0 Å². The molecule has 0 aliphatic carbocycles. The molecular formula is C9H21NO6Si. The first-order valence-electron chi connectivity index (χ1n) is 5.34. The average molecular weight is 267 g/mol. The maximum atomic E-state index is 10.6. The Hall–Kier alpha value is -0.673. The molecule has 102 valence electrons. The van der Waals surface area contributed by atoms with Crippen molar-refractivity contribution in [3.8, 4) is 0 Å². The molecule has 0 radical (unpaired) electrons. The first kappa shape index (κ1) is 16.3. The number of hydroxylamine groups is 2. The zero-order valence-electron chi connectivity index (χ0n) is 10.8. The molecule has 0 saturated carbocycles. The van der Waals surface area contributed by atoms with E-state index < -0.39 is 14.9 Å². The Morgan fingerprint density at radius 1 is 1.24 bits per heavy atom. The number of carbonyl (C=O) groups is 1. The van der Waals surface area contributed by atoms with Gasteiger partial charge in [0.05, 0.1) is 6.61 Å². The molecule has 0 aromatic carbocycles. The normalized spacial score (nSPS) is 11.5. The van der Waals surface area contributed by atoms with Gasteiger partial charge in [0, 0.05) is 33.9 Å². The molecule has 0 aliphatic heterocycles. The van der Waals surface area contributed by atoms with Crippen LogP contribution in [0.3, 0.4) is 0 Å². The van der Waals surface area contributed by atoms with E-state index in [1.165, 1.54) is 21.3 Å². The summed E-state index contributed by atoms with van der Waals surface area (Å²) < 4.78 is 15.7. The quantitative estimate of drug-likeness (QED) is 0.384. The van der Waals surface area contributed by atoms with Crippen LogP contribution < -0.4 is 0 Å². The van der Waals surface area contributed by atoms with Crippen LogP contribution in [0.2, 0.25) is 6.04 Å². The third-order valence-corrected chi connectivity index (χ3v) is 5.14. The Morgan fingerprint density at radius 2 is 1.76 bits per heavy atom. The van der Waals surface area contributed by atoms with Gasteiger partial charge in [-0.05, 0) is 13.3 Å². The number of hydrogen-bond donors (Lipinski definition) is 1. The molecule has 0 atom stereocenters. The van der Waals surface area contributed by atoms with Crippen molar-refractivity contribution in [3.63, 3.8) is 0 Å². The van der Waals surface area contributed by atoms with Gasteiger partial charge < -0.3 is 18.4 Å². The monoisotopic (exact) mass is 267 g/mol. The van der Waals surface area contributed by atoms with E-state index in [9.17, 15) is 4.79 Å². The number of carboxylic acid groups (broad SMARTS) is 1. The number of nitrogens with zero attached hydrogens (tertiary/aromatic N) is 1. The van der Waals surface area contributed by atoms with Gasteiger partial charge in [-0.1, -0.05) is 0 Å². The molecule has 0 spiro atoms. The van der Waals surface area contributed by atoms with E-state index in [2.05, 4.69) is 0 Å². The largest absolute Gasteiger partial charge is 0.500 e. The molecule has 1 N–H and O–H groups in total. The second-order valence-corrected chi connectivity index (χ2v) is 6.30. The molecule has 0 unspecified atom stereocenters. The second kappa shape index (κ2) is 8.42. The van der Waals surface area contributed by atoms with E-state index in [-0.39, 0.29) is 13.2 Å². The third-order valence-electron chi connectivity index (χ3n) is 2.31. The summed E-state index contributed by atoms with van der Waals surface area (Å²) in [6, 6.07) is 0.577. The van der Waals surface area contributed by atoms with Crippen molar-refractivity contribution in [2.24, 2.45) is 0 Å². The molecule has 0 aliphatic rings. The molecule has 1 amide bonds. The summed E-state index contributed by atoms with van der Waals surface area (Å²) in [5, 5.41) is 9.59. The molecule has 0 aromatic rings. The summed E-state index contributed by atoms with van der Waals surface area (Å²) in [6.07, 6.45) is -0.493. The van der Waals surface area contributed by atoms with Gasteiger partial charge >= 0.3 is 14.9 Å². The Balaban J connectivity index is 3.93. The lowest BCUT2D eigenvalue weighted by molar-refractivity contribution is -0.128. The highest BCUT2D eigenvalue weighted by Gasteiger charge is 2.36.